The molecule has 6 aliphatic heterocycles. The number of hydrogen-bond acceptors (Lipinski definition) is 10. The summed E-state index contributed by atoms with van der Waals surface area (Å²) in [5, 5.41) is 0. The molecule has 8 heterocycles. The van der Waals surface area contributed by atoms with Crippen molar-refractivity contribution >= 4 is 0 Å². The molecule has 0 aliphatic carbocycles. The quantitative estimate of drug-likeness (QED) is 0.0993. The average Bonchev–Trinajstić information content (AvgIpc) is 4.27. The number of hydrogen-bond donors (Lipinski definition) is 0. The molecule has 4 aromatic carbocycles. The maximum absolute atomic E-state index is 6.22. The predicted octanol–water partition coefficient (Wildman–Crippen LogP) is 8.51. The molecule has 0 spiro atoms. The summed E-state index contributed by atoms with van der Waals surface area (Å²) in [5.41, 5.74) is 11.0. The number of aromatic nitrogens is 4. The van der Waals surface area contributed by atoms with E-state index in [0.717, 1.165) is 128 Å². The minimum absolute atomic E-state index is 0.400. The summed E-state index contributed by atoms with van der Waals surface area (Å²) in [6, 6.07) is 32.7. The Labute approximate surface area is 402 Å². The van der Waals surface area contributed by atoms with E-state index < -0.39 is 0 Å². The molecule has 4 fully saturated rings. The van der Waals surface area contributed by atoms with E-state index in [1.165, 1.54) is 72.2 Å². The largest absolute Gasteiger partial charge is 0.494 e. The number of nitrogens with zero attached hydrogens (tertiary/aromatic N) is 8. The second kappa shape index (κ2) is 21.5. The molecule has 0 unspecified atom stereocenters. The lowest BCUT2D eigenvalue weighted by molar-refractivity contribution is 0.0357. The third kappa shape index (κ3) is 10.3. The highest BCUT2D eigenvalue weighted by Gasteiger charge is 2.38. The Balaban J connectivity index is 0.000000149. The predicted molar refractivity (Wildman–Crippen MR) is 266 cm³/mol. The number of rotatable bonds is 14. The van der Waals surface area contributed by atoms with Gasteiger partial charge in [0.2, 0.25) is 0 Å². The minimum Gasteiger partial charge on any atom is -0.494 e. The van der Waals surface area contributed by atoms with Crippen LogP contribution in [0.4, 0.5) is 0 Å². The zero-order chi connectivity index (χ0) is 45.5. The van der Waals surface area contributed by atoms with E-state index in [2.05, 4.69) is 124 Å². The van der Waals surface area contributed by atoms with Gasteiger partial charge in [-0.05, 0) is 134 Å². The number of imidazole rings is 2. The van der Waals surface area contributed by atoms with Crippen molar-refractivity contribution in [1.29, 1.82) is 0 Å². The van der Waals surface area contributed by atoms with Crippen LogP contribution in [-0.2, 0) is 9.47 Å². The molecule has 0 amide bonds. The summed E-state index contributed by atoms with van der Waals surface area (Å²) in [6.07, 6.45) is 18.5. The van der Waals surface area contributed by atoms with Crippen molar-refractivity contribution in [3.05, 3.63) is 156 Å². The van der Waals surface area contributed by atoms with Gasteiger partial charge in [-0.15, -0.1) is 0 Å². The third-order valence-corrected chi connectivity index (χ3v) is 15.3. The third-order valence-electron chi connectivity index (χ3n) is 15.3. The van der Waals surface area contributed by atoms with Crippen molar-refractivity contribution in [1.82, 2.24) is 38.7 Å². The highest BCUT2D eigenvalue weighted by Crippen LogP contribution is 2.47. The van der Waals surface area contributed by atoms with Gasteiger partial charge in [-0.3, -0.25) is 19.6 Å². The first kappa shape index (κ1) is 45.1. The topological polar surface area (TPSA) is 85.5 Å². The SMILES string of the molecule is c1cn(-c2ccc([C@@H]3CN4CCC[C@H]4c4cc(OCCCN5CCOCC5)ccc43)cc2)cn1.c1cn(-c2ccc([C@H]3CN4CCC[C@H]4c4cc(OCCCN5CCOCC5)ccc43)cc2)cn1. The summed E-state index contributed by atoms with van der Waals surface area (Å²) < 4.78 is 27.4. The van der Waals surface area contributed by atoms with Crippen molar-refractivity contribution in [2.24, 2.45) is 0 Å². The molecule has 12 rings (SSSR count). The van der Waals surface area contributed by atoms with Crippen LogP contribution >= 0.6 is 0 Å². The minimum atomic E-state index is 0.400. The van der Waals surface area contributed by atoms with Crippen LogP contribution < -0.4 is 9.47 Å². The summed E-state index contributed by atoms with van der Waals surface area (Å²) in [5.74, 6) is 2.83. The molecule has 68 heavy (non-hydrogen) atoms. The summed E-state index contributed by atoms with van der Waals surface area (Å²) >= 11 is 0. The summed E-state index contributed by atoms with van der Waals surface area (Å²) in [6.45, 7) is 15.9. The van der Waals surface area contributed by atoms with Gasteiger partial charge >= 0.3 is 0 Å². The summed E-state index contributed by atoms with van der Waals surface area (Å²) in [7, 11) is 0. The maximum Gasteiger partial charge on any atom is 0.119 e. The van der Waals surface area contributed by atoms with Crippen molar-refractivity contribution in [3.8, 4) is 22.9 Å². The first-order valence-corrected chi connectivity index (χ1v) is 25.5. The van der Waals surface area contributed by atoms with E-state index in [-0.39, 0.29) is 0 Å². The van der Waals surface area contributed by atoms with Gasteiger partial charge in [-0.2, -0.15) is 0 Å². The van der Waals surface area contributed by atoms with Crippen molar-refractivity contribution in [3.63, 3.8) is 0 Å². The fourth-order valence-corrected chi connectivity index (χ4v) is 11.7. The molecule has 0 N–H and O–H groups in total. The van der Waals surface area contributed by atoms with Gasteiger partial charge in [0.25, 0.3) is 0 Å². The highest BCUT2D eigenvalue weighted by molar-refractivity contribution is 5.49. The molecule has 6 aliphatic rings. The molecule has 12 nitrogen and oxygen atoms in total. The van der Waals surface area contributed by atoms with Crippen LogP contribution in [0.25, 0.3) is 11.4 Å². The van der Waals surface area contributed by atoms with Crippen LogP contribution in [0.3, 0.4) is 0 Å². The molecular formula is C56H68N8O4. The molecule has 6 aromatic rings. The molecule has 356 valence electrons. The Hall–Kier alpha value is -5.34. The fourth-order valence-electron chi connectivity index (χ4n) is 11.7. The first-order chi connectivity index (χ1) is 33.7. The van der Waals surface area contributed by atoms with E-state index >= 15 is 0 Å². The molecule has 0 bridgehead atoms. The van der Waals surface area contributed by atoms with E-state index in [9.17, 15) is 0 Å². The fraction of sp³-hybridized carbons (Fsp3) is 0.464. The van der Waals surface area contributed by atoms with Crippen molar-refractivity contribution in [2.75, 3.05) is 105 Å². The Bertz CT molecular complexity index is 2330. The molecule has 2 aromatic heterocycles. The molecule has 0 radical (unpaired) electrons. The molecule has 0 saturated carbocycles. The maximum atomic E-state index is 6.22. The van der Waals surface area contributed by atoms with Gasteiger partial charge in [0, 0.05) is 112 Å². The zero-order valence-corrected chi connectivity index (χ0v) is 39.6. The van der Waals surface area contributed by atoms with E-state index in [0.29, 0.717) is 23.9 Å². The smallest absolute Gasteiger partial charge is 0.119 e. The van der Waals surface area contributed by atoms with E-state index in [1.807, 2.05) is 37.4 Å². The molecule has 4 atom stereocenters. The normalized spacial score (nSPS) is 22.9. The number of benzene rings is 4. The van der Waals surface area contributed by atoms with Gasteiger partial charge in [-0.25, -0.2) is 9.97 Å². The highest BCUT2D eigenvalue weighted by atomic mass is 16.5. The first-order valence-electron chi connectivity index (χ1n) is 25.5. The average molecular weight is 917 g/mol. The Kier molecular flexibility index (Phi) is 14.3. The molecule has 12 heteroatoms. The van der Waals surface area contributed by atoms with E-state index in [1.54, 1.807) is 0 Å². The number of fused-ring (bicyclic) bond motifs is 6. The van der Waals surface area contributed by atoms with E-state index in [4.69, 9.17) is 18.9 Å². The van der Waals surface area contributed by atoms with Crippen molar-refractivity contribution < 1.29 is 18.9 Å². The van der Waals surface area contributed by atoms with Gasteiger partial charge in [-0.1, -0.05) is 36.4 Å². The van der Waals surface area contributed by atoms with Gasteiger partial charge in [0.15, 0.2) is 0 Å². The van der Waals surface area contributed by atoms with Crippen molar-refractivity contribution in [2.45, 2.75) is 62.4 Å². The second-order valence-corrected chi connectivity index (χ2v) is 19.4. The lowest BCUT2D eigenvalue weighted by Crippen LogP contribution is -2.37. The zero-order valence-electron chi connectivity index (χ0n) is 39.6. The van der Waals surface area contributed by atoms with Crippen LogP contribution in [0, 0.1) is 0 Å². The van der Waals surface area contributed by atoms with Crippen LogP contribution in [0.5, 0.6) is 11.5 Å². The number of morpholine rings is 2. The summed E-state index contributed by atoms with van der Waals surface area (Å²) in [4.78, 5) is 18.6. The lowest BCUT2D eigenvalue weighted by atomic mass is 9.81. The number of ether oxygens (including phenoxy) is 4. The van der Waals surface area contributed by atoms with Gasteiger partial charge in [0.1, 0.15) is 11.5 Å². The second-order valence-electron chi connectivity index (χ2n) is 19.4. The van der Waals surface area contributed by atoms with Gasteiger partial charge < -0.3 is 28.1 Å². The van der Waals surface area contributed by atoms with Crippen LogP contribution in [-0.4, -0.2) is 144 Å². The molecular weight excluding hydrogens is 849 g/mol. The molecule has 4 saturated heterocycles. The van der Waals surface area contributed by atoms with Gasteiger partial charge in [0.05, 0.1) is 52.3 Å². The lowest BCUT2D eigenvalue weighted by Gasteiger charge is -2.37. The Morgan fingerprint density at radius 2 is 0.941 bits per heavy atom. The van der Waals surface area contributed by atoms with Crippen LogP contribution in [0.2, 0.25) is 0 Å². The van der Waals surface area contributed by atoms with Crippen LogP contribution in [0.1, 0.15) is 95.8 Å². The Morgan fingerprint density at radius 1 is 0.500 bits per heavy atom. The monoisotopic (exact) mass is 917 g/mol. The standard InChI is InChI=1S/2C28H34N4O2/c2*1-3-28-26-19-24(34-16-2-11-30-14-17-33-18-15-30)8-9-25(26)27(20-31(28)12-1)22-4-6-23(7-5-22)32-13-10-29-21-32/h2*4-10,13,19,21,27-28H,1-3,11-12,14-18,20H2/t27-,28+;27-,28-/m10/s1. The Morgan fingerprint density at radius 3 is 1.35 bits per heavy atom. The van der Waals surface area contributed by atoms with Crippen LogP contribution in [0.15, 0.2) is 122 Å².